The molecule has 0 atom stereocenters. The highest BCUT2D eigenvalue weighted by Gasteiger charge is 2.12. The second kappa shape index (κ2) is 4.83. The first-order valence-corrected chi connectivity index (χ1v) is 5.35. The van der Waals surface area contributed by atoms with Crippen LogP contribution in [0.3, 0.4) is 0 Å². The minimum atomic E-state index is -0.666. The predicted molar refractivity (Wildman–Crippen MR) is 67.7 cm³/mol. The number of nitrogens with one attached hydrogen (secondary N) is 1. The van der Waals surface area contributed by atoms with E-state index < -0.39 is 11.7 Å². The summed E-state index contributed by atoms with van der Waals surface area (Å²) < 4.78 is 13.4. The predicted octanol–water partition coefficient (Wildman–Crippen LogP) is 2.36. The van der Waals surface area contributed by atoms with E-state index in [4.69, 9.17) is 5.73 Å². The number of carbonyl (C=O) groups is 1. The highest BCUT2D eigenvalue weighted by Crippen LogP contribution is 2.20. The molecular formula is C13H12FN3O. The number of aryl methyl sites for hydroxylation is 1. The molecule has 1 amide bonds. The Morgan fingerprint density at radius 2 is 2.17 bits per heavy atom. The molecule has 0 spiro atoms. The van der Waals surface area contributed by atoms with E-state index in [0.29, 0.717) is 11.4 Å². The molecule has 2 rings (SSSR count). The number of amides is 1. The minimum absolute atomic E-state index is 0.0648. The average Bonchev–Trinajstić information content (AvgIpc) is 2.33. The van der Waals surface area contributed by atoms with E-state index in [2.05, 4.69) is 10.3 Å². The molecule has 0 saturated heterocycles. The molecule has 5 heteroatoms. The van der Waals surface area contributed by atoms with Crippen LogP contribution in [0.1, 0.15) is 15.9 Å². The standard InChI is InChI=1S/C13H12FN3O/c1-8-2-3-12(11(15)6-8)17-13(18)9-4-5-16-7-10(9)14/h2-7H,15H2,1H3,(H,17,18). The SMILES string of the molecule is Cc1ccc(NC(=O)c2ccncc2F)c(N)c1. The van der Waals surface area contributed by atoms with Crippen LogP contribution in [-0.4, -0.2) is 10.9 Å². The Morgan fingerprint density at radius 1 is 1.39 bits per heavy atom. The van der Waals surface area contributed by atoms with Crippen molar-refractivity contribution in [1.29, 1.82) is 0 Å². The van der Waals surface area contributed by atoms with E-state index in [0.717, 1.165) is 11.8 Å². The Balaban J connectivity index is 2.24. The van der Waals surface area contributed by atoms with Gasteiger partial charge in [-0.05, 0) is 30.7 Å². The molecule has 0 aliphatic heterocycles. The fourth-order valence-corrected chi connectivity index (χ4v) is 1.54. The summed E-state index contributed by atoms with van der Waals surface area (Å²) in [7, 11) is 0. The molecule has 4 nitrogen and oxygen atoms in total. The number of benzene rings is 1. The lowest BCUT2D eigenvalue weighted by Gasteiger charge is -2.09. The second-order valence-electron chi connectivity index (χ2n) is 3.90. The van der Waals surface area contributed by atoms with E-state index in [-0.39, 0.29) is 5.56 Å². The van der Waals surface area contributed by atoms with Crippen LogP contribution in [0.15, 0.2) is 36.7 Å². The van der Waals surface area contributed by atoms with Gasteiger partial charge in [-0.25, -0.2) is 4.39 Å². The highest BCUT2D eigenvalue weighted by atomic mass is 19.1. The Bertz CT molecular complexity index is 599. The first-order chi connectivity index (χ1) is 8.58. The molecule has 0 saturated carbocycles. The summed E-state index contributed by atoms with van der Waals surface area (Å²) in [4.78, 5) is 15.4. The van der Waals surface area contributed by atoms with Crippen molar-refractivity contribution < 1.29 is 9.18 Å². The zero-order chi connectivity index (χ0) is 13.1. The molecule has 18 heavy (non-hydrogen) atoms. The number of nitrogens with two attached hydrogens (primary N) is 1. The maximum atomic E-state index is 13.4. The molecule has 0 aliphatic rings. The van der Waals surface area contributed by atoms with Gasteiger partial charge < -0.3 is 11.1 Å². The monoisotopic (exact) mass is 245 g/mol. The third kappa shape index (κ3) is 2.45. The van der Waals surface area contributed by atoms with Crippen molar-refractivity contribution >= 4 is 17.3 Å². The number of nitrogens with zero attached hydrogens (tertiary/aromatic N) is 1. The Kier molecular flexibility index (Phi) is 3.23. The average molecular weight is 245 g/mol. The zero-order valence-corrected chi connectivity index (χ0v) is 9.77. The maximum absolute atomic E-state index is 13.4. The van der Waals surface area contributed by atoms with Crippen molar-refractivity contribution in [3.63, 3.8) is 0 Å². The van der Waals surface area contributed by atoms with Gasteiger partial charge in [0, 0.05) is 6.20 Å². The normalized spacial score (nSPS) is 10.1. The number of aromatic nitrogens is 1. The summed E-state index contributed by atoms with van der Waals surface area (Å²) in [6.07, 6.45) is 2.35. The number of carbonyl (C=O) groups excluding carboxylic acids is 1. The van der Waals surface area contributed by atoms with Crippen molar-refractivity contribution in [2.24, 2.45) is 0 Å². The van der Waals surface area contributed by atoms with Gasteiger partial charge in [0.05, 0.1) is 23.1 Å². The largest absolute Gasteiger partial charge is 0.397 e. The van der Waals surface area contributed by atoms with Crippen LogP contribution in [-0.2, 0) is 0 Å². The van der Waals surface area contributed by atoms with E-state index in [1.807, 2.05) is 13.0 Å². The lowest BCUT2D eigenvalue weighted by molar-refractivity contribution is 0.102. The molecule has 0 bridgehead atoms. The van der Waals surface area contributed by atoms with Gasteiger partial charge in [0.25, 0.3) is 5.91 Å². The third-order valence-corrected chi connectivity index (χ3v) is 2.47. The second-order valence-corrected chi connectivity index (χ2v) is 3.90. The number of rotatable bonds is 2. The number of anilines is 2. The fraction of sp³-hybridized carbons (Fsp3) is 0.0769. The lowest BCUT2D eigenvalue weighted by atomic mass is 10.2. The number of halogens is 1. The minimum Gasteiger partial charge on any atom is -0.397 e. The summed E-state index contributed by atoms with van der Waals surface area (Å²) >= 11 is 0. The third-order valence-electron chi connectivity index (χ3n) is 2.47. The van der Waals surface area contributed by atoms with Crippen molar-refractivity contribution in [1.82, 2.24) is 4.98 Å². The number of hydrogen-bond acceptors (Lipinski definition) is 3. The molecule has 0 aliphatic carbocycles. The molecule has 0 radical (unpaired) electrons. The van der Waals surface area contributed by atoms with Gasteiger partial charge in [0.2, 0.25) is 0 Å². The first-order valence-electron chi connectivity index (χ1n) is 5.35. The van der Waals surface area contributed by atoms with Gasteiger partial charge in [-0.15, -0.1) is 0 Å². The zero-order valence-electron chi connectivity index (χ0n) is 9.77. The molecule has 0 unspecified atom stereocenters. The smallest absolute Gasteiger partial charge is 0.258 e. The van der Waals surface area contributed by atoms with Crippen molar-refractivity contribution in [2.75, 3.05) is 11.1 Å². The molecule has 1 aromatic carbocycles. The van der Waals surface area contributed by atoms with Crippen LogP contribution in [0.4, 0.5) is 15.8 Å². The summed E-state index contributed by atoms with van der Waals surface area (Å²) in [6, 6.07) is 6.55. The number of hydrogen-bond donors (Lipinski definition) is 2. The highest BCUT2D eigenvalue weighted by molar-refractivity contribution is 6.05. The Labute approximate surface area is 104 Å². The Morgan fingerprint density at radius 3 is 2.83 bits per heavy atom. The van der Waals surface area contributed by atoms with Gasteiger partial charge in [-0.3, -0.25) is 9.78 Å². The molecule has 1 aromatic heterocycles. The van der Waals surface area contributed by atoms with E-state index >= 15 is 0 Å². The van der Waals surface area contributed by atoms with E-state index in [1.165, 1.54) is 12.3 Å². The van der Waals surface area contributed by atoms with Crippen LogP contribution in [0.5, 0.6) is 0 Å². The number of pyridine rings is 1. The van der Waals surface area contributed by atoms with Crippen molar-refractivity contribution in [3.8, 4) is 0 Å². The van der Waals surface area contributed by atoms with Crippen molar-refractivity contribution in [2.45, 2.75) is 6.92 Å². The van der Waals surface area contributed by atoms with Gasteiger partial charge in [-0.2, -0.15) is 0 Å². The Hall–Kier alpha value is -2.43. The summed E-state index contributed by atoms with van der Waals surface area (Å²) in [5, 5.41) is 2.56. The molecule has 2 aromatic rings. The summed E-state index contributed by atoms with van der Waals surface area (Å²) in [5.41, 5.74) is 7.59. The van der Waals surface area contributed by atoms with Gasteiger partial charge in [0.15, 0.2) is 5.82 Å². The van der Waals surface area contributed by atoms with Gasteiger partial charge >= 0.3 is 0 Å². The van der Waals surface area contributed by atoms with E-state index in [1.54, 1.807) is 12.1 Å². The maximum Gasteiger partial charge on any atom is 0.258 e. The molecule has 0 fully saturated rings. The molecular weight excluding hydrogens is 233 g/mol. The molecule has 1 heterocycles. The van der Waals surface area contributed by atoms with Crippen LogP contribution in [0, 0.1) is 12.7 Å². The summed E-state index contributed by atoms with van der Waals surface area (Å²) in [5.74, 6) is -1.22. The lowest BCUT2D eigenvalue weighted by Crippen LogP contribution is -2.15. The number of nitrogen functional groups attached to an aromatic ring is 1. The van der Waals surface area contributed by atoms with Crippen molar-refractivity contribution in [3.05, 3.63) is 53.6 Å². The molecule has 3 N–H and O–H groups in total. The molecule has 92 valence electrons. The van der Waals surface area contributed by atoms with Gasteiger partial charge in [-0.1, -0.05) is 6.07 Å². The van der Waals surface area contributed by atoms with Crippen LogP contribution < -0.4 is 11.1 Å². The van der Waals surface area contributed by atoms with Crippen LogP contribution in [0.25, 0.3) is 0 Å². The summed E-state index contributed by atoms with van der Waals surface area (Å²) in [6.45, 7) is 1.89. The van der Waals surface area contributed by atoms with E-state index in [9.17, 15) is 9.18 Å². The first kappa shape index (κ1) is 12.0. The van der Waals surface area contributed by atoms with Crippen LogP contribution >= 0.6 is 0 Å². The quantitative estimate of drug-likeness (QED) is 0.798. The van der Waals surface area contributed by atoms with Gasteiger partial charge in [0.1, 0.15) is 0 Å². The topological polar surface area (TPSA) is 68.0 Å². The van der Waals surface area contributed by atoms with Crippen LogP contribution in [0.2, 0.25) is 0 Å². The fourth-order valence-electron chi connectivity index (χ4n) is 1.54.